The molecule has 0 fully saturated rings. The fourth-order valence-electron chi connectivity index (χ4n) is 1.46. The van der Waals surface area contributed by atoms with Crippen LogP contribution < -0.4 is 16.1 Å². The second-order valence-corrected chi connectivity index (χ2v) is 3.16. The van der Waals surface area contributed by atoms with Gasteiger partial charge in [-0.25, -0.2) is 4.79 Å². The van der Waals surface area contributed by atoms with Crippen LogP contribution in [0.3, 0.4) is 0 Å². The van der Waals surface area contributed by atoms with Crippen LogP contribution in [0.15, 0.2) is 15.8 Å². The third-order valence-electron chi connectivity index (χ3n) is 2.20. The molecule has 2 aromatic heterocycles. The van der Waals surface area contributed by atoms with Crippen molar-refractivity contribution in [3.8, 4) is 0 Å². The predicted octanol–water partition coefficient (Wildman–Crippen LogP) is -1.51. The lowest BCUT2D eigenvalue weighted by Crippen LogP contribution is -2.41. The SMILES string of the molecule is COn1c(=O)c2nn(C)cc2n(C)c1=O. The highest BCUT2D eigenvalue weighted by Crippen LogP contribution is 2.02. The third-order valence-corrected chi connectivity index (χ3v) is 2.20. The second kappa shape index (κ2) is 2.97. The molecule has 0 unspecified atom stereocenters. The number of aryl methyl sites for hydroxylation is 2. The molecule has 7 nitrogen and oxygen atoms in total. The third kappa shape index (κ3) is 1.16. The molecule has 2 aromatic rings. The van der Waals surface area contributed by atoms with E-state index in [0.29, 0.717) is 10.2 Å². The van der Waals surface area contributed by atoms with Gasteiger partial charge in [0.05, 0.1) is 5.52 Å². The Bertz CT molecular complexity index is 634. The van der Waals surface area contributed by atoms with Gasteiger partial charge in [-0.2, -0.15) is 5.10 Å². The number of hydrogen-bond donors (Lipinski definition) is 0. The smallest absolute Gasteiger partial charge is 0.365 e. The molecule has 0 saturated carbocycles. The van der Waals surface area contributed by atoms with E-state index in [1.165, 1.54) is 16.4 Å². The van der Waals surface area contributed by atoms with Gasteiger partial charge in [0.25, 0.3) is 0 Å². The number of nitrogens with zero attached hydrogens (tertiary/aromatic N) is 4. The van der Waals surface area contributed by atoms with E-state index in [2.05, 4.69) is 5.10 Å². The zero-order valence-electron chi connectivity index (χ0n) is 8.59. The Hall–Kier alpha value is -2.05. The first-order valence-corrected chi connectivity index (χ1v) is 4.26. The van der Waals surface area contributed by atoms with Gasteiger partial charge in [0.1, 0.15) is 7.11 Å². The Morgan fingerprint density at radius 2 is 2.00 bits per heavy atom. The summed E-state index contributed by atoms with van der Waals surface area (Å²) in [7, 11) is 4.50. The minimum atomic E-state index is -0.545. The average molecular weight is 210 g/mol. The lowest BCUT2D eigenvalue weighted by atomic mass is 10.4. The van der Waals surface area contributed by atoms with Crippen molar-refractivity contribution >= 4 is 11.0 Å². The molecule has 15 heavy (non-hydrogen) atoms. The Kier molecular flexibility index (Phi) is 1.88. The Morgan fingerprint density at radius 1 is 1.33 bits per heavy atom. The van der Waals surface area contributed by atoms with Gasteiger partial charge in [-0.05, 0) is 0 Å². The topological polar surface area (TPSA) is 71.1 Å². The summed E-state index contributed by atoms with van der Waals surface area (Å²) in [6.45, 7) is 0. The molecule has 0 amide bonds. The number of rotatable bonds is 1. The van der Waals surface area contributed by atoms with Crippen molar-refractivity contribution < 1.29 is 4.84 Å². The highest BCUT2D eigenvalue weighted by molar-refractivity contribution is 5.72. The summed E-state index contributed by atoms with van der Waals surface area (Å²) in [6, 6.07) is 0. The summed E-state index contributed by atoms with van der Waals surface area (Å²) in [4.78, 5) is 28.0. The maximum Gasteiger partial charge on any atom is 0.365 e. The van der Waals surface area contributed by atoms with E-state index in [9.17, 15) is 9.59 Å². The summed E-state index contributed by atoms with van der Waals surface area (Å²) >= 11 is 0. The maximum absolute atomic E-state index is 11.7. The van der Waals surface area contributed by atoms with Gasteiger partial charge in [-0.1, -0.05) is 4.73 Å². The first kappa shape index (κ1) is 9.50. The summed E-state index contributed by atoms with van der Waals surface area (Å²) in [5.41, 5.74) is -0.374. The molecule has 2 heterocycles. The molecule has 0 saturated heterocycles. The summed E-state index contributed by atoms with van der Waals surface area (Å²) in [5, 5.41) is 3.97. The molecule has 7 heteroatoms. The summed E-state index contributed by atoms with van der Waals surface area (Å²) < 4.78 is 3.47. The van der Waals surface area contributed by atoms with Crippen LogP contribution in [-0.4, -0.2) is 26.2 Å². The molecule has 0 atom stereocenters. The van der Waals surface area contributed by atoms with Gasteiger partial charge < -0.3 is 4.84 Å². The first-order chi connectivity index (χ1) is 7.06. The summed E-state index contributed by atoms with van der Waals surface area (Å²) in [5.74, 6) is 0. The number of aromatic nitrogens is 4. The van der Waals surface area contributed by atoms with Crippen molar-refractivity contribution in [2.75, 3.05) is 7.11 Å². The molecule has 0 N–H and O–H groups in total. The van der Waals surface area contributed by atoms with Crippen LogP contribution >= 0.6 is 0 Å². The molecule has 80 valence electrons. The Labute approximate surface area is 84.1 Å². The molecule has 0 aliphatic carbocycles. The molecule has 0 aliphatic heterocycles. The molecular formula is C8H10N4O3. The van der Waals surface area contributed by atoms with E-state index in [1.807, 2.05) is 0 Å². The van der Waals surface area contributed by atoms with E-state index in [1.54, 1.807) is 20.3 Å². The fourth-order valence-corrected chi connectivity index (χ4v) is 1.46. The van der Waals surface area contributed by atoms with Crippen LogP contribution in [0.2, 0.25) is 0 Å². The van der Waals surface area contributed by atoms with Crippen LogP contribution in [-0.2, 0) is 14.1 Å². The van der Waals surface area contributed by atoms with Crippen molar-refractivity contribution in [2.24, 2.45) is 14.1 Å². The Morgan fingerprint density at radius 3 is 2.60 bits per heavy atom. The van der Waals surface area contributed by atoms with Gasteiger partial charge in [0.15, 0.2) is 5.52 Å². The standard InChI is InChI=1S/C8H10N4O3/c1-10-4-5-6(9-10)7(13)12(15-3)8(14)11(5)2/h4H,1-3H3. The van der Waals surface area contributed by atoms with Gasteiger partial charge in [0, 0.05) is 20.3 Å². The predicted molar refractivity (Wildman–Crippen MR) is 52.7 cm³/mol. The molecule has 0 aliphatic rings. The van der Waals surface area contributed by atoms with Gasteiger partial charge >= 0.3 is 11.2 Å². The lowest BCUT2D eigenvalue weighted by molar-refractivity contribution is 0.143. The lowest BCUT2D eigenvalue weighted by Gasteiger charge is -2.04. The minimum absolute atomic E-state index is 0.210. The fraction of sp³-hybridized carbons (Fsp3) is 0.375. The number of fused-ring (bicyclic) bond motifs is 1. The van der Waals surface area contributed by atoms with E-state index >= 15 is 0 Å². The van der Waals surface area contributed by atoms with Crippen LogP contribution in [0.1, 0.15) is 0 Å². The van der Waals surface area contributed by atoms with Crippen molar-refractivity contribution in [2.45, 2.75) is 0 Å². The van der Waals surface area contributed by atoms with Crippen LogP contribution in [0.25, 0.3) is 11.0 Å². The summed E-state index contributed by atoms with van der Waals surface area (Å²) in [6.07, 6.45) is 1.61. The van der Waals surface area contributed by atoms with Crippen molar-refractivity contribution in [1.82, 2.24) is 19.1 Å². The molecule has 2 rings (SSSR count). The Balaban J connectivity index is 3.09. The van der Waals surface area contributed by atoms with Gasteiger partial charge in [-0.3, -0.25) is 14.0 Å². The van der Waals surface area contributed by atoms with Crippen LogP contribution in [0.5, 0.6) is 0 Å². The zero-order chi connectivity index (χ0) is 11.2. The van der Waals surface area contributed by atoms with E-state index in [4.69, 9.17) is 4.84 Å². The normalized spacial score (nSPS) is 10.9. The van der Waals surface area contributed by atoms with E-state index in [0.717, 1.165) is 0 Å². The average Bonchev–Trinajstić information content (AvgIpc) is 2.58. The molecule has 0 radical (unpaired) electrons. The maximum atomic E-state index is 11.7. The van der Waals surface area contributed by atoms with Crippen LogP contribution in [0.4, 0.5) is 0 Å². The van der Waals surface area contributed by atoms with Crippen molar-refractivity contribution in [3.05, 3.63) is 27.0 Å². The molecular weight excluding hydrogens is 200 g/mol. The molecule has 0 aromatic carbocycles. The first-order valence-electron chi connectivity index (χ1n) is 4.26. The molecule has 0 bridgehead atoms. The van der Waals surface area contributed by atoms with E-state index in [-0.39, 0.29) is 5.52 Å². The van der Waals surface area contributed by atoms with E-state index < -0.39 is 11.2 Å². The minimum Gasteiger partial charge on any atom is -0.409 e. The van der Waals surface area contributed by atoms with Crippen molar-refractivity contribution in [1.29, 1.82) is 0 Å². The highest BCUT2D eigenvalue weighted by Gasteiger charge is 2.13. The van der Waals surface area contributed by atoms with Crippen molar-refractivity contribution in [3.63, 3.8) is 0 Å². The second-order valence-electron chi connectivity index (χ2n) is 3.16. The van der Waals surface area contributed by atoms with Crippen LogP contribution in [0, 0.1) is 0 Å². The van der Waals surface area contributed by atoms with Gasteiger partial charge in [0.2, 0.25) is 0 Å². The van der Waals surface area contributed by atoms with Gasteiger partial charge in [-0.15, -0.1) is 0 Å². The molecule has 0 spiro atoms. The quantitative estimate of drug-likeness (QED) is 0.574. The largest absolute Gasteiger partial charge is 0.409 e. The highest BCUT2D eigenvalue weighted by atomic mass is 16.7. The monoisotopic (exact) mass is 210 g/mol. The zero-order valence-corrected chi connectivity index (χ0v) is 8.59. The number of hydrogen-bond acceptors (Lipinski definition) is 4.